The molecule has 0 spiro atoms. The first-order valence-electron chi connectivity index (χ1n) is 3.20. The van der Waals surface area contributed by atoms with Gasteiger partial charge in [-0.05, 0) is 28.1 Å². The van der Waals surface area contributed by atoms with Gasteiger partial charge in [-0.1, -0.05) is 0 Å². The molecule has 0 unspecified atom stereocenters. The SMILES string of the molecule is N#Cc1ccc(S(=O)(=O)Cl)c(Br)c1F. The minimum atomic E-state index is -4.01. The monoisotopic (exact) mass is 297 g/mol. The van der Waals surface area contributed by atoms with E-state index in [1.165, 1.54) is 0 Å². The van der Waals surface area contributed by atoms with Gasteiger partial charge in [0, 0.05) is 10.7 Å². The summed E-state index contributed by atoms with van der Waals surface area (Å²) in [6.45, 7) is 0. The van der Waals surface area contributed by atoms with Crippen molar-refractivity contribution in [1.82, 2.24) is 0 Å². The summed E-state index contributed by atoms with van der Waals surface area (Å²) in [5.74, 6) is -0.936. The number of nitriles is 1. The summed E-state index contributed by atoms with van der Waals surface area (Å²) >= 11 is 2.72. The Labute approximate surface area is 92.7 Å². The Balaban J connectivity index is 3.57. The Hall–Kier alpha value is -0.640. The van der Waals surface area contributed by atoms with E-state index >= 15 is 0 Å². The van der Waals surface area contributed by atoms with E-state index in [1.54, 1.807) is 6.07 Å². The molecule has 0 aliphatic carbocycles. The first-order valence-corrected chi connectivity index (χ1v) is 6.31. The summed E-state index contributed by atoms with van der Waals surface area (Å²) in [6.07, 6.45) is 0. The maximum atomic E-state index is 13.2. The lowest BCUT2D eigenvalue weighted by Crippen LogP contribution is -1.96. The van der Waals surface area contributed by atoms with Crippen LogP contribution in [0, 0.1) is 17.1 Å². The summed E-state index contributed by atoms with van der Waals surface area (Å²) in [6, 6.07) is 3.69. The third-order valence-electron chi connectivity index (χ3n) is 1.43. The van der Waals surface area contributed by atoms with Crippen LogP contribution in [0.25, 0.3) is 0 Å². The maximum absolute atomic E-state index is 13.2. The zero-order chi connectivity index (χ0) is 10.9. The zero-order valence-corrected chi connectivity index (χ0v) is 9.62. The molecule has 1 rings (SSSR count). The lowest BCUT2D eigenvalue weighted by molar-refractivity contribution is 0.596. The van der Waals surface area contributed by atoms with Crippen molar-refractivity contribution in [2.45, 2.75) is 4.90 Å². The van der Waals surface area contributed by atoms with Crippen LogP contribution in [0.2, 0.25) is 0 Å². The molecule has 0 aromatic heterocycles. The maximum Gasteiger partial charge on any atom is 0.262 e. The first-order chi connectivity index (χ1) is 6.38. The molecule has 3 nitrogen and oxygen atoms in total. The van der Waals surface area contributed by atoms with Crippen LogP contribution in [0.1, 0.15) is 5.56 Å². The molecule has 74 valence electrons. The quantitative estimate of drug-likeness (QED) is 0.748. The van der Waals surface area contributed by atoms with Crippen molar-refractivity contribution in [2.24, 2.45) is 0 Å². The van der Waals surface area contributed by atoms with E-state index < -0.39 is 19.8 Å². The fourth-order valence-corrected chi connectivity index (χ4v) is 2.99. The second-order valence-electron chi connectivity index (χ2n) is 2.29. The highest BCUT2D eigenvalue weighted by Gasteiger charge is 2.19. The molecular formula is C7H2BrClFNO2S. The van der Waals surface area contributed by atoms with Gasteiger partial charge in [0.1, 0.15) is 6.07 Å². The van der Waals surface area contributed by atoms with Crippen LogP contribution >= 0.6 is 26.6 Å². The summed E-state index contributed by atoms with van der Waals surface area (Å²) in [7, 11) is 1.02. The second kappa shape index (κ2) is 3.85. The van der Waals surface area contributed by atoms with Gasteiger partial charge in [-0.3, -0.25) is 0 Å². The Kier molecular flexibility index (Phi) is 3.14. The lowest BCUT2D eigenvalue weighted by atomic mass is 10.2. The van der Waals surface area contributed by atoms with Gasteiger partial charge in [0.05, 0.1) is 14.9 Å². The summed E-state index contributed by atoms with van der Waals surface area (Å²) < 4.78 is 34.7. The van der Waals surface area contributed by atoms with Gasteiger partial charge < -0.3 is 0 Å². The third-order valence-corrected chi connectivity index (χ3v) is 3.83. The fourth-order valence-electron chi connectivity index (χ4n) is 0.806. The first kappa shape index (κ1) is 11.4. The summed E-state index contributed by atoms with van der Waals surface area (Å²) in [5, 5.41) is 8.44. The smallest absolute Gasteiger partial charge is 0.207 e. The van der Waals surface area contributed by atoms with E-state index in [0.29, 0.717) is 0 Å². The molecule has 1 aromatic rings. The summed E-state index contributed by atoms with van der Waals surface area (Å²) in [4.78, 5) is -0.393. The predicted octanol–water partition coefficient (Wildman–Crippen LogP) is 2.39. The van der Waals surface area contributed by atoms with Crippen molar-refractivity contribution >= 4 is 35.7 Å². The highest BCUT2D eigenvalue weighted by atomic mass is 79.9. The highest BCUT2D eigenvalue weighted by Crippen LogP contribution is 2.29. The molecule has 0 saturated heterocycles. The molecule has 0 amide bonds. The van der Waals surface area contributed by atoms with Gasteiger partial charge in [-0.25, -0.2) is 12.8 Å². The molecule has 0 aliphatic rings. The van der Waals surface area contributed by atoms with Crippen LogP contribution in [-0.4, -0.2) is 8.42 Å². The van der Waals surface area contributed by atoms with Crippen molar-refractivity contribution in [2.75, 3.05) is 0 Å². The van der Waals surface area contributed by atoms with Crippen LogP contribution in [0.3, 0.4) is 0 Å². The van der Waals surface area contributed by atoms with Crippen LogP contribution in [0.15, 0.2) is 21.5 Å². The van der Waals surface area contributed by atoms with Crippen LogP contribution < -0.4 is 0 Å². The average molecular weight is 299 g/mol. The van der Waals surface area contributed by atoms with Crippen LogP contribution in [0.5, 0.6) is 0 Å². The highest BCUT2D eigenvalue weighted by molar-refractivity contribution is 9.10. The fraction of sp³-hybridized carbons (Fsp3) is 0. The Morgan fingerprint density at radius 2 is 2.07 bits per heavy atom. The predicted molar refractivity (Wildman–Crippen MR) is 51.9 cm³/mol. The van der Waals surface area contributed by atoms with Crippen molar-refractivity contribution in [3.8, 4) is 6.07 Å². The number of halogens is 3. The minimum absolute atomic E-state index is 0.249. The Morgan fingerprint density at radius 1 is 1.50 bits per heavy atom. The third kappa shape index (κ3) is 2.05. The van der Waals surface area contributed by atoms with E-state index in [2.05, 4.69) is 15.9 Å². The number of benzene rings is 1. The standard InChI is InChI=1S/C7H2BrClFNO2S/c8-6-5(14(9,12)13)2-1-4(3-11)7(6)10/h1-2H. The molecule has 0 radical (unpaired) electrons. The molecule has 1 aromatic carbocycles. The molecule has 0 atom stereocenters. The van der Waals surface area contributed by atoms with Crippen LogP contribution in [-0.2, 0) is 9.05 Å². The van der Waals surface area contributed by atoms with Gasteiger partial charge in [-0.2, -0.15) is 5.26 Å². The van der Waals surface area contributed by atoms with Crippen LogP contribution in [0.4, 0.5) is 4.39 Å². The van der Waals surface area contributed by atoms with Gasteiger partial charge in [0.25, 0.3) is 9.05 Å². The van der Waals surface area contributed by atoms with E-state index in [-0.39, 0.29) is 10.0 Å². The molecule has 0 saturated carbocycles. The Bertz CT molecular complexity index is 523. The molecule has 0 heterocycles. The Morgan fingerprint density at radius 3 is 2.50 bits per heavy atom. The van der Waals surface area contributed by atoms with E-state index in [0.717, 1.165) is 12.1 Å². The molecule has 14 heavy (non-hydrogen) atoms. The normalized spacial score (nSPS) is 11.0. The molecule has 0 aliphatic heterocycles. The number of hydrogen-bond donors (Lipinski definition) is 0. The molecule has 7 heteroatoms. The van der Waals surface area contributed by atoms with Crippen molar-refractivity contribution in [3.05, 3.63) is 28.0 Å². The largest absolute Gasteiger partial charge is 0.262 e. The molecule has 0 bridgehead atoms. The van der Waals surface area contributed by atoms with Crippen molar-refractivity contribution in [3.63, 3.8) is 0 Å². The zero-order valence-electron chi connectivity index (χ0n) is 6.46. The number of nitrogens with zero attached hydrogens (tertiary/aromatic N) is 1. The number of hydrogen-bond acceptors (Lipinski definition) is 3. The van der Waals surface area contributed by atoms with Crippen molar-refractivity contribution < 1.29 is 12.8 Å². The molecule has 0 N–H and O–H groups in total. The minimum Gasteiger partial charge on any atom is -0.207 e. The number of rotatable bonds is 1. The molecular weight excluding hydrogens is 297 g/mol. The van der Waals surface area contributed by atoms with E-state index in [4.69, 9.17) is 15.9 Å². The van der Waals surface area contributed by atoms with E-state index in [9.17, 15) is 12.8 Å². The van der Waals surface area contributed by atoms with Gasteiger partial charge in [-0.15, -0.1) is 0 Å². The second-order valence-corrected chi connectivity index (χ2v) is 5.62. The van der Waals surface area contributed by atoms with Gasteiger partial charge in [0.2, 0.25) is 0 Å². The summed E-state index contributed by atoms with van der Waals surface area (Å²) in [5.41, 5.74) is -0.249. The average Bonchev–Trinajstić information content (AvgIpc) is 2.07. The van der Waals surface area contributed by atoms with Gasteiger partial charge >= 0.3 is 0 Å². The van der Waals surface area contributed by atoms with Crippen molar-refractivity contribution in [1.29, 1.82) is 5.26 Å². The lowest BCUT2D eigenvalue weighted by Gasteiger charge is -2.01. The molecule has 0 fully saturated rings. The van der Waals surface area contributed by atoms with E-state index in [1.807, 2.05) is 0 Å². The topological polar surface area (TPSA) is 57.9 Å². The van der Waals surface area contributed by atoms with Gasteiger partial charge in [0.15, 0.2) is 5.82 Å².